The lowest BCUT2D eigenvalue weighted by Crippen LogP contribution is -2.16. The number of nitrogens with zero attached hydrogens (tertiary/aromatic N) is 3. The van der Waals surface area contributed by atoms with Gasteiger partial charge in [-0.05, 0) is 23.1 Å². The zero-order chi connectivity index (χ0) is 13.3. The average Bonchev–Trinajstić information content (AvgIpc) is 2.86. The normalized spacial score (nSPS) is 11.4. The molecular formula is C7H6N4O4S3. The number of thiophene rings is 1. The van der Waals surface area contributed by atoms with Crippen molar-refractivity contribution in [3.8, 4) is 0 Å². The van der Waals surface area contributed by atoms with E-state index in [1.807, 2.05) is 0 Å². The van der Waals surface area contributed by atoms with Gasteiger partial charge in [0.2, 0.25) is 5.13 Å². The van der Waals surface area contributed by atoms with Gasteiger partial charge in [-0.3, -0.25) is 4.72 Å². The molecule has 8 nitrogen and oxygen atoms in total. The fraction of sp³-hybridized carbons (Fsp3) is 0.143. The second kappa shape index (κ2) is 4.59. The molecule has 2 N–H and O–H groups in total. The van der Waals surface area contributed by atoms with E-state index < -0.39 is 16.0 Å². The Hall–Kier alpha value is -1.59. The molecule has 0 spiro atoms. The van der Waals surface area contributed by atoms with E-state index in [2.05, 4.69) is 19.5 Å². The summed E-state index contributed by atoms with van der Waals surface area (Å²) in [7, 11) is -4.00. The third kappa shape index (κ3) is 2.32. The summed E-state index contributed by atoms with van der Waals surface area (Å²) < 4.78 is 29.6. The number of hydrogen-bond acceptors (Lipinski definition) is 8. The molecule has 2 rings (SSSR count). The van der Waals surface area contributed by atoms with Gasteiger partial charge in [-0.2, -0.15) is 0 Å². The zero-order valence-corrected chi connectivity index (χ0v) is 11.3. The molecule has 0 atom stereocenters. The molecule has 11 heteroatoms. The summed E-state index contributed by atoms with van der Waals surface area (Å²) in [6.45, 7) is 1.52. The number of anilines is 1. The molecule has 0 fully saturated rings. The quantitative estimate of drug-likeness (QED) is 0.856. The molecule has 0 bridgehead atoms. The van der Waals surface area contributed by atoms with Crippen LogP contribution in [0, 0.1) is 6.92 Å². The molecule has 96 valence electrons. The predicted octanol–water partition coefficient (Wildman–Crippen LogP) is 0.802. The van der Waals surface area contributed by atoms with Crippen LogP contribution in [0.5, 0.6) is 0 Å². The van der Waals surface area contributed by atoms with E-state index in [9.17, 15) is 13.2 Å². The van der Waals surface area contributed by atoms with Crippen molar-refractivity contribution in [2.24, 2.45) is 0 Å². The van der Waals surface area contributed by atoms with Crippen LogP contribution < -0.4 is 4.72 Å². The van der Waals surface area contributed by atoms with Gasteiger partial charge in [-0.1, -0.05) is 9.59 Å². The lowest BCUT2D eigenvalue weighted by molar-refractivity contribution is 0.0698. The Labute approximate surface area is 110 Å². The van der Waals surface area contributed by atoms with E-state index in [4.69, 9.17) is 5.11 Å². The van der Waals surface area contributed by atoms with Gasteiger partial charge in [0, 0.05) is 11.5 Å². The number of carboxylic acids is 1. The van der Waals surface area contributed by atoms with Gasteiger partial charge in [-0.15, -0.1) is 11.3 Å². The third-order valence-corrected chi connectivity index (χ3v) is 5.28. The standard InChI is InChI=1S/C7H6N4O4S3/c1-3-2-16-4(6(12)13)5(3)18(14,15)9-7-8-10-11-17-7/h2H,1H3,(H,12,13)(H,8,9,11). The Morgan fingerprint density at radius 3 is 2.78 bits per heavy atom. The molecule has 0 aliphatic rings. The van der Waals surface area contributed by atoms with E-state index >= 15 is 0 Å². The van der Waals surface area contributed by atoms with E-state index in [1.54, 1.807) is 0 Å². The second-order valence-electron chi connectivity index (χ2n) is 3.16. The SMILES string of the molecule is Cc1csc(C(=O)O)c1S(=O)(=O)Nc1nnns1. The lowest BCUT2D eigenvalue weighted by Gasteiger charge is -2.05. The minimum Gasteiger partial charge on any atom is -0.477 e. The first-order chi connectivity index (χ1) is 8.42. The first-order valence-corrected chi connectivity index (χ1v) is 7.54. The van der Waals surface area contributed by atoms with Gasteiger partial charge < -0.3 is 5.11 Å². The number of aromatic carboxylic acids is 1. The summed E-state index contributed by atoms with van der Waals surface area (Å²) in [5.41, 5.74) is 0.363. The number of sulfonamides is 1. The highest BCUT2D eigenvalue weighted by Crippen LogP contribution is 2.28. The summed E-state index contributed by atoms with van der Waals surface area (Å²) in [6.07, 6.45) is 0. The molecule has 0 aromatic carbocycles. The number of carboxylic acid groups (broad SMARTS) is 1. The maximum Gasteiger partial charge on any atom is 0.347 e. The van der Waals surface area contributed by atoms with Crippen LogP contribution in [0.4, 0.5) is 5.13 Å². The van der Waals surface area contributed by atoms with Crippen LogP contribution in [-0.4, -0.2) is 34.3 Å². The maximum absolute atomic E-state index is 12.1. The average molecular weight is 306 g/mol. The van der Waals surface area contributed by atoms with Crippen LogP contribution in [0.3, 0.4) is 0 Å². The Kier molecular flexibility index (Phi) is 3.28. The smallest absolute Gasteiger partial charge is 0.347 e. The Bertz CT molecular complexity index is 676. The van der Waals surface area contributed by atoms with E-state index in [0.717, 1.165) is 22.9 Å². The molecule has 0 aliphatic carbocycles. The molecule has 2 aromatic rings. The van der Waals surface area contributed by atoms with Crippen molar-refractivity contribution in [3.05, 3.63) is 15.8 Å². The Morgan fingerprint density at radius 2 is 2.22 bits per heavy atom. The molecule has 0 unspecified atom stereocenters. The largest absolute Gasteiger partial charge is 0.477 e. The molecule has 18 heavy (non-hydrogen) atoms. The van der Waals surface area contributed by atoms with Crippen molar-refractivity contribution in [1.29, 1.82) is 0 Å². The van der Waals surface area contributed by atoms with Gasteiger partial charge in [0.1, 0.15) is 9.77 Å². The minimum absolute atomic E-state index is 0.0167. The van der Waals surface area contributed by atoms with Crippen LogP contribution in [0.15, 0.2) is 10.3 Å². The van der Waals surface area contributed by atoms with E-state index in [0.29, 0.717) is 5.56 Å². The number of rotatable bonds is 4. The number of aryl methyl sites for hydroxylation is 1. The van der Waals surface area contributed by atoms with Crippen molar-refractivity contribution >= 4 is 44.0 Å². The summed E-state index contributed by atoms with van der Waals surface area (Å²) in [5.74, 6) is -1.29. The molecule has 2 aromatic heterocycles. The van der Waals surface area contributed by atoms with Crippen LogP contribution in [-0.2, 0) is 10.0 Å². The van der Waals surface area contributed by atoms with E-state index in [1.165, 1.54) is 12.3 Å². The number of carbonyl (C=O) groups is 1. The van der Waals surface area contributed by atoms with Crippen molar-refractivity contribution in [2.75, 3.05) is 4.72 Å². The van der Waals surface area contributed by atoms with E-state index in [-0.39, 0.29) is 14.9 Å². The van der Waals surface area contributed by atoms with Crippen LogP contribution in [0.1, 0.15) is 15.2 Å². The second-order valence-corrected chi connectivity index (χ2v) is 6.39. The van der Waals surface area contributed by atoms with Gasteiger partial charge in [0.15, 0.2) is 0 Å². The fourth-order valence-electron chi connectivity index (χ4n) is 1.25. The highest BCUT2D eigenvalue weighted by atomic mass is 32.2. The van der Waals surface area contributed by atoms with Crippen LogP contribution in [0.2, 0.25) is 0 Å². The molecule has 0 amide bonds. The summed E-state index contributed by atoms with van der Waals surface area (Å²) in [4.78, 5) is 10.5. The Balaban J connectivity index is 2.47. The number of aromatic nitrogens is 3. The third-order valence-electron chi connectivity index (χ3n) is 1.90. The number of hydrogen-bond donors (Lipinski definition) is 2. The van der Waals surface area contributed by atoms with Gasteiger partial charge in [0.25, 0.3) is 10.0 Å². The maximum atomic E-state index is 12.1. The predicted molar refractivity (Wildman–Crippen MR) is 64.5 cm³/mol. The van der Waals surface area contributed by atoms with Crippen LogP contribution >= 0.6 is 22.9 Å². The first kappa shape index (κ1) is 12.9. The highest BCUT2D eigenvalue weighted by molar-refractivity contribution is 7.93. The first-order valence-electron chi connectivity index (χ1n) is 4.41. The van der Waals surface area contributed by atoms with Crippen molar-refractivity contribution in [3.63, 3.8) is 0 Å². The molecule has 0 saturated heterocycles. The summed E-state index contributed by atoms with van der Waals surface area (Å²) in [5, 5.41) is 17.1. The molecule has 0 saturated carbocycles. The van der Waals surface area contributed by atoms with Crippen LogP contribution in [0.25, 0.3) is 0 Å². The Morgan fingerprint density at radius 1 is 1.50 bits per heavy atom. The monoisotopic (exact) mass is 306 g/mol. The van der Waals surface area contributed by atoms with Gasteiger partial charge in [0.05, 0.1) is 0 Å². The summed E-state index contributed by atoms with van der Waals surface area (Å²) >= 11 is 1.62. The van der Waals surface area contributed by atoms with Crippen molar-refractivity contribution < 1.29 is 18.3 Å². The highest BCUT2D eigenvalue weighted by Gasteiger charge is 2.27. The topological polar surface area (TPSA) is 122 Å². The lowest BCUT2D eigenvalue weighted by atomic mass is 10.3. The zero-order valence-electron chi connectivity index (χ0n) is 8.82. The summed E-state index contributed by atoms with van der Waals surface area (Å²) in [6, 6.07) is 0. The van der Waals surface area contributed by atoms with Gasteiger partial charge in [-0.25, -0.2) is 13.2 Å². The fourth-order valence-corrected chi connectivity index (χ4v) is 4.47. The molecule has 2 heterocycles. The molecular weight excluding hydrogens is 300 g/mol. The minimum atomic E-state index is -4.00. The van der Waals surface area contributed by atoms with Gasteiger partial charge >= 0.3 is 5.97 Å². The van der Waals surface area contributed by atoms with Crippen molar-refractivity contribution in [1.82, 2.24) is 14.8 Å². The molecule has 0 radical (unpaired) electrons. The van der Waals surface area contributed by atoms with Crippen molar-refractivity contribution in [2.45, 2.75) is 11.8 Å². The molecule has 0 aliphatic heterocycles. The number of nitrogens with one attached hydrogen (secondary N) is 1.